The van der Waals surface area contributed by atoms with Crippen LogP contribution in [0.5, 0.6) is 0 Å². The Morgan fingerprint density at radius 1 is 1.27 bits per heavy atom. The van der Waals surface area contributed by atoms with Gasteiger partial charge >= 0.3 is 6.18 Å². The summed E-state index contributed by atoms with van der Waals surface area (Å²) in [5.41, 5.74) is 0.944. The van der Waals surface area contributed by atoms with E-state index >= 15 is 0 Å². The monoisotopic (exact) mass is 315 g/mol. The van der Waals surface area contributed by atoms with Gasteiger partial charge in [-0.25, -0.2) is 0 Å². The third-order valence-corrected chi connectivity index (χ3v) is 3.88. The van der Waals surface area contributed by atoms with E-state index in [1.54, 1.807) is 7.05 Å². The van der Waals surface area contributed by atoms with E-state index in [1.807, 2.05) is 35.7 Å². The lowest BCUT2D eigenvalue weighted by atomic mass is 10.1. The highest BCUT2D eigenvalue weighted by Crippen LogP contribution is 2.30. The summed E-state index contributed by atoms with van der Waals surface area (Å²) in [6.07, 6.45) is -0.317. The van der Waals surface area contributed by atoms with E-state index in [9.17, 15) is 13.2 Å². The zero-order valence-electron chi connectivity index (χ0n) is 13.5. The first kappa shape index (κ1) is 16.6. The lowest BCUT2D eigenvalue weighted by Crippen LogP contribution is -2.38. The quantitative estimate of drug-likeness (QED) is 0.797. The maximum atomic E-state index is 12.7. The highest BCUT2D eigenvalue weighted by Gasteiger charge is 2.35. The summed E-state index contributed by atoms with van der Waals surface area (Å²) in [5.74, 6) is 0.337. The number of nitrogens with zero attached hydrogens (tertiary/aromatic N) is 4. The van der Waals surface area contributed by atoms with Gasteiger partial charge < -0.3 is 0 Å². The van der Waals surface area contributed by atoms with E-state index in [4.69, 9.17) is 0 Å². The molecule has 0 saturated heterocycles. The van der Waals surface area contributed by atoms with Crippen LogP contribution in [0.15, 0.2) is 18.5 Å². The lowest BCUT2D eigenvalue weighted by molar-refractivity contribution is -0.754. The third-order valence-electron chi connectivity index (χ3n) is 3.88. The molecule has 1 atom stereocenters. The van der Waals surface area contributed by atoms with Gasteiger partial charge in [0, 0.05) is 24.2 Å². The van der Waals surface area contributed by atoms with Gasteiger partial charge in [-0.05, 0) is 12.0 Å². The molecule has 0 aliphatic rings. The molecular formula is C15H22F3N4+. The molecule has 1 unspecified atom stereocenters. The smallest absolute Gasteiger partial charge is 0.272 e. The summed E-state index contributed by atoms with van der Waals surface area (Å²) in [7, 11) is 3.49. The van der Waals surface area contributed by atoms with Crippen LogP contribution >= 0.6 is 0 Å². The Morgan fingerprint density at radius 3 is 2.36 bits per heavy atom. The zero-order valence-corrected chi connectivity index (χ0v) is 13.5. The Bertz CT molecular complexity index is 652. The number of hydrogen-bond acceptors (Lipinski definition) is 1. The fourth-order valence-corrected chi connectivity index (χ4v) is 2.52. The first-order valence-corrected chi connectivity index (χ1v) is 7.26. The van der Waals surface area contributed by atoms with E-state index < -0.39 is 11.9 Å². The van der Waals surface area contributed by atoms with Crippen molar-refractivity contribution in [2.45, 2.75) is 45.3 Å². The minimum Gasteiger partial charge on any atom is -0.272 e. The minimum atomic E-state index is -4.40. The molecule has 2 heterocycles. The van der Waals surface area contributed by atoms with Crippen LogP contribution in [0.2, 0.25) is 0 Å². The van der Waals surface area contributed by atoms with Crippen LogP contribution in [0, 0.1) is 0 Å². The normalized spacial score (nSPS) is 13.9. The van der Waals surface area contributed by atoms with Crippen molar-refractivity contribution in [1.82, 2.24) is 14.5 Å². The Balaban J connectivity index is 2.22. The molecule has 0 amide bonds. The van der Waals surface area contributed by atoms with Crippen LogP contribution in [-0.4, -0.2) is 14.5 Å². The SMILES string of the molecule is CC(C)c1cn(CC(C)c2cc(C(F)(F)F)nn2C)[n+](C)c1. The molecule has 0 bridgehead atoms. The molecule has 0 aliphatic carbocycles. The van der Waals surface area contributed by atoms with Crippen molar-refractivity contribution in [3.8, 4) is 0 Å². The second kappa shape index (κ2) is 5.78. The van der Waals surface area contributed by atoms with Gasteiger partial charge in [-0.2, -0.15) is 23.0 Å². The van der Waals surface area contributed by atoms with Crippen molar-refractivity contribution in [2.75, 3.05) is 0 Å². The van der Waals surface area contributed by atoms with Crippen molar-refractivity contribution >= 4 is 0 Å². The number of halogens is 3. The maximum Gasteiger partial charge on any atom is 0.435 e. The number of alkyl halides is 3. The molecule has 0 fully saturated rings. The molecule has 122 valence electrons. The van der Waals surface area contributed by atoms with Gasteiger partial charge in [0.25, 0.3) is 0 Å². The Labute approximate surface area is 128 Å². The highest BCUT2D eigenvalue weighted by atomic mass is 19.4. The molecule has 0 aromatic carbocycles. The van der Waals surface area contributed by atoms with Crippen LogP contribution in [0.4, 0.5) is 13.2 Å². The lowest BCUT2D eigenvalue weighted by Gasteiger charge is -2.10. The fraction of sp³-hybridized carbons (Fsp3) is 0.600. The molecule has 0 saturated carbocycles. The van der Waals surface area contributed by atoms with Crippen LogP contribution in [0.25, 0.3) is 0 Å². The third kappa shape index (κ3) is 3.34. The van der Waals surface area contributed by atoms with Gasteiger partial charge in [0.05, 0.1) is 12.7 Å². The molecule has 2 aromatic heterocycles. The van der Waals surface area contributed by atoms with Crippen LogP contribution in [0.3, 0.4) is 0 Å². The number of aromatic nitrogens is 4. The molecule has 0 spiro atoms. The fourth-order valence-electron chi connectivity index (χ4n) is 2.52. The predicted octanol–water partition coefficient (Wildman–Crippen LogP) is 2.99. The summed E-state index contributed by atoms with van der Waals surface area (Å²) in [5, 5.41) is 3.58. The summed E-state index contributed by atoms with van der Waals surface area (Å²) in [6, 6.07) is 1.14. The Kier molecular flexibility index (Phi) is 4.35. The first-order valence-electron chi connectivity index (χ1n) is 7.26. The van der Waals surface area contributed by atoms with Crippen LogP contribution in [0.1, 0.15) is 49.6 Å². The van der Waals surface area contributed by atoms with E-state index in [2.05, 4.69) is 18.9 Å². The summed E-state index contributed by atoms with van der Waals surface area (Å²) in [6.45, 7) is 6.73. The second-order valence-electron chi connectivity index (χ2n) is 6.09. The average Bonchev–Trinajstić information content (AvgIpc) is 2.93. The van der Waals surface area contributed by atoms with Crippen molar-refractivity contribution in [1.29, 1.82) is 0 Å². The highest BCUT2D eigenvalue weighted by molar-refractivity contribution is 5.16. The molecule has 0 radical (unpaired) electrons. The van der Waals surface area contributed by atoms with Gasteiger partial charge in [-0.15, -0.1) is 4.68 Å². The largest absolute Gasteiger partial charge is 0.435 e. The van der Waals surface area contributed by atoms with Crippen LogP contribution in [-0.2, 0) is 26.8 Å². The van der Waals surface area contributed by atoms with Crippen LogP contribution < -0.4 is 4.68 Å². The van der Waals surface area contributed by atoms with Gasteiger partial charge in [0.15, 0.2) is 18.9 Å². The molecule has 2 rings (SSSR count). The van der Waals surface area contributed by atoms with Crippen molar-refractivity contribution < 1.29 is 17.9 Å². The molecule has 4 nitrogen and oxygen atoms in total. The van der Waals surface area contributed by atoms with E-state index in [1.165, 1.54) is 10.2 Å². The number of hydrogen-bond donors (Lipinski definition) is 0. The number of rotatable bonds is 4. The minimum absolute atomic E-state index is 0.0767. The van der Waals surface area contributed by atoms with E-state index in [0.717, 1.165) is 6.07 Å². The van der Waals surface area contributed by atoms with Gasteiger partial charge in [-0.1, -0.05) is 20.8 Å². The van der Waals surface area contributed by atoms with E-state index in [0.29, 0.717) is 18.2 Å². The van der Waals surface area contributed by atoms with Gasteiger partial charge in [0.1, 0.15) is 0 Å². The van der Waals surface area contributed by atoms with E-state index in [-0.39, 0.29) is 5.92 Å². The van der Waals surface area contributed by atoms with Crippen molar-refractivity contribution in [2.24, 2.45) is 14.1 Å². The molecule has 0 aliphatic heterocycles. The summed E-state index contributed by atoms with van der Waals surface area (Å²) in [4.78, 5) is 0. The summed E-state index contributed by atoms with van der Waals surface area (Å²) < 4.78 is 43.5. The van der Waals surface area contributed by atoms with Gasteiger partial charge in [0.2, 0.25) is 0 Å². The summed E-state index contributed by atoms with van der Waals surface area (Å²) >= 11 is 0. The molecule has 0 N–H and O–H groups in total. The topological polar surface area (TPSA) is 26.6 Å². The maximum absolute atomic E-state index is 12.7. The standard InChI is InChI=1S/C15H22F3N4/c1-10(2)12-8-20(4)22(9-12)7-11(3)13-6-14(15(16,17)18)19-21(13)5/h6,8-11H,7H2,1-5H3/q+1. The Hall–Kier alpha value is -1.79. The van der Waals surface area contributed by atoms with Crippen molar-refractivity contribution in [3.63, 3.8) is 0 Å². The average molecular weight is 315 g/mol. The van der Waals surface area contributed by atoms with Crippen molar-refractivity contribution in [3.05, 3.63) is 35.4 Å². The zero-order chi connectivity index (χ0) is 16.7. The second-order valence-corrected chi connectivity index (χ2v) is 6.09. The molecule has 22 heavy (non-hydrogen) atoms. The Morgan fingerprint density at radius 2 is 1.91 bits per heavy atom. The molecule has 2 aromatic rings. The van der Waals surface area contributed by atoms with Gasteiger partial charge in [-0.3, -0.25) is 4.68 Å². The molecule has 7 heteroatoms. The first-order chi connectivity index (χ1) is 10.1. The number of aryl methyl sites for hydroxylation is 2. The molecular weight excluding hydrogens is 293 g/mol. The predicted molar refractivity (Wildman–Crippen MR) is 76.3 cm³/mol.